The third-order valence-corrected chi connectivity index (χ3v) is 3.70. The van der Waals surface area contributed by atoms with Gasteiger partial charge in [-0.05, 0) is 23.8 Å². The Bertz CT molecular complexity index is 895. The lowest BCUT2D eigenvalue weighted by Gasteiger charge is -2.02. The monoisotopic (exact) mass is 294 g/mol. The molecule has 0 spiro atoms. The standard InChI is InChI=1S/C17H11ClN2O/c18-12-6-7-14-13(10-12)15(11-4-2-1-3-5-11)16(20-14)17-19-8-9-21-17/h1-10,20H. The SMILES string of the molecule is Clc1ccc2[nH]c(-c3ncco3)c(-c3ccccc3)c2c1. The Kier molecular flexibility index (Phi) is 2.79. The van der Waals surface area contributed by atoms with E-state index in [4.69, 9.17) is 16.0 Å². The van der Waals surface area contributed by atoms with Crippen molar-refractivity contribution >= 4 is 22.5 Å². The Balaban J connectivity index is 2.09. The first-order chi connectivity index (χ1) is 10.3. The topological polar surface area (TPSA) is 41.8 Å². The lowest BCUT2D eigenvalue weighted by atomic mass is 10.0. The highest BCUT2D eigenvalue weighted by atomic mass is 35.5. The zero-order valence-electron chi connectivity index (χ0n) is 11.0. The highest BCUT2D eigenvalue weighted by Gasteiger charge is 2.17. The van der Waals surface area contributed by atoms with Gasteiger partial charge in [0.2, 0.25) is 5.89 Å². The van der Waals surface area contributed by atoms with Crippen molar-refractivity contribution in [2.24, 2.45) is 0 Å². The lowest BCUT2D eigenvalue weighted by Crippen LogP contribution is -1.82. The number of nitrogens with zero attached hydrogens (tertiary/aromatic N) is 1. The fraction of sp³-hybridized carbons (Fsp3) is 0. The average Bonchev–Trinajstić information content (AvgIpc) is 3.14. The molecule has 4 aromatic rings. The van der Waals surface area contributed by atoms with E-state index in [1.165, 1.54) is 0 Å². The van der Waals surface area contributed by atoms with Crippen LogP contribution in [0, 0.1) is 0 Å². The van der Waals surface area contributed by atoms with Crippen LogP contribution in [0.15, 0.2) is 65.4 Å². The molecule has 0 saturated carbocycles. The summed E-state index contributed by atoms with van der Waals surface area (Å²) in [6.45, 7) is 0. The highest BCUT2D eigenvalue weighted by Crippen LogP contribution is 2.38. The summed E-state index contributed by atoms with van der Waals surface area (Å²) in [7, 11) is 0. The maximum atomic E-state index is 6.16. The van der Waals surface area contributed by atoms with Crippen LogP contribution < -0.4 is 0 Å². The van der Waals surface area contributed by atoms with Crippen molar-refractivity contribution in [3.05, 3.63) is 66.0 Å². The second-order valence-corrected chi connectivity index (χ2v) is 5.20. The van der Waals surface area contributed by atoms with E-state index in [-0.39, 0.29) is 0 Å². The number of rotatable bonds is 2. The summed E-state index contributed by atoms with van der Waals surface area (Å²) in [5.74, 6) is 0.571. The molecule has 0 amide bonds. The van der Waals surface area contributed by atoms with Crippen molar-refractivity contribution in [3.8, 4) is 22.7 Å². The zero-order valence-corrected chi connectivity index (χ0v) is 11.8. The second kappa shape index (κ2) is 4.79. The number of aromatic amines is 1. The minimum absolute atomic E-state index is 0.571. The van der Waals surface area contributed by atoms with E-state index in [1.807, 2.05) is 36.4 Å². The van der Waals surface area contributed by atoms with Gasteiger partial charge in [-0.25, -0.2) is 4.98 Å². The number of hydrogen-bond donors (Lipinski definition) is 1. The maximum Gasteiger partial charge on any atom is 0.243 e. The number of oxazole rings is 1. The smallest absolute Gasteiger partial charge is 0.243 e. The number of H-pyrrole nitrogens is 1. The predicted molar refractivity (Wildman–Crippen MR) is 84.2 cm³/mol. The molecule has 0 aliphatic rings. The Morgan fingerprint density at radius 3 is 2.67 bits per heavy atom. The van der Waals surface area contributed by atoms with Gasteiger partial charge in [0.15, 0.2) is 0 Å². The van der Waals surface area contributed by atoms with Crippen LogP contribution in [0.3, 0.4) is 0 Å². The van der Waals surface area contributed by atoms with Crippen LogP contribution in [0.5, 0.6) is 0 Å². The number of aromatic nitrogens is 2. The summed E-state index contributed by atoms with van der Waals surface area (Å²) in [5, 5.41) is 1.76. The fourth-order valence-corrected chi connectivity index (χ4v) is 2.75. The molecule has 0 bridgehead atoms. The summed E-state index contributed by atoms with van der Waals surface area (Å²) in [6.07, 6.45) is 3.21. The Morgan fingerprint density at radius 1 is 1.05 bits per heavy atom. The van der Waals surface area contributed by atoms with Gasteiger partial charge in [0, 0.05) is 21.5 Å². The van der Waals surface area contributed by atoms with E-state index >= 15 is 0 Å². The third kappa shape index (κ3) is 2.03. The van der Waals surface area contributed by atoms with E-state index in [9.17, 15) is 0 Å². The normalized spacial score (nSPS) is 11.1. The third-order valence-electron chi connectivity index (χ3n) is 3.47. The van der Waals surface area contributed by atoms with Crippen LogP contribution in [-0.2, 0) is 0 Å². The molecule has 102 valence electrons. The summed E-state index contributed by atoms with van der Waals surface area (Å²) in [6, 6.07) is 15.9. The molecular weight excluding hydrogens is 284 g/mol. The first-order valence-electron chi connectivity index (χ1n) is 6.59. The van der Waals surface area contributed by atoms with Crippen LogP contribution in [0.25, 0.3) is 33.6 Å². The van der Waals surface area contributed by atoms with E-state index in [0.29, 0.717) is 10.9 Å². The Hall–Kier alpha value is -2.52. The molecule has 21 heavy (non-hydrogen) atoms. The zero-order chi connectivity index (χ0) is 14.2. The van der Waals surface area contributed by atoms with Gasteiger partial charge in [-0.2, -0.15) is 0 Å². The van der Waals surface area contributed by atoms with Crippen molar-refractivity contribution < 1.29 is 4.42 Å². The Morgan fingerprint density at radius 2 is 1.90 bits per heavy atom. The van der Waals surface area contributed by atoms with Crippen LogP contribution in [0.2, 0.25) is 5.02 Å². The number of benzene rings is 2. The van der Waals surface area contributed by atoms with Gasteiger partial charge in [0.1, 0.15) is 12.0 Å². The van der Waals surface area contributed by atoms with E-state index in [1.54, 1.807) is 12.5 Å². The fourth-order valence-electron chi connectivity index (χ4n) is 2.58. The first-order valence-corrected chi connectivity index (χ1v) is 6.97. The van der Waals surface area contributed by atoms with Gasteiger partial charge < -0.3 is 9.40 Å². The van der Waals surface area contributed by atoms with Gasteiger partial charge in [-0.15, -0.1) is 0 Å². The maximum absolute atomic E-state index is 6.16. The predicted octanol–water partition coefficient (Wildman–Crippen LogP) is 5.14. The summed E-state index contributed by atoms with van der Waals surface area (Å²) in [5.41, 5.74) is 4.02. The van der Waals surface area contributed by atoms with Gasteiger partial charge in [0.05, 0.1) is 6.20 Å². The quantitative estimate of drug-likeness (QED) is 0.556. The van der Waals surface area contributed by atoms with Crippen LogP contribution in [0.1, 0.15) is 0 Å². The molecular formula is C17H11ClN2O. The number of hydrogen-bond acceptors (Lipinski definition) is 2. The largest absolute Gasteiger partial charge is 0.443 e. The molecule has 0 saturated heterocycles. The van der Waals surface area contributed by atoms with Crippen LogP contribution >= 0.6 is 11.6 Å². The number of fused-ring (bicyclic) bond motifs is 1. The average molecular weight is 295 g/mol. The van der Waals surface area contributed by atoms with E-state index in [0.717, 1.165) is 27.7 Å². The molecule has 4 rings (SSSR count). The summed E-state index contributed by atoms with van der Waals surface area (Å²) < 4.78 is 5.47. The van der Waals surface area contributed by atoms with Crippen molar-refractivity contribution in [1.29, 1.82) is 0 Å². The van der Waals surface area contributed by atoms with E-state index in [2.05, 4.69) is 22.1 Å². The van der Waals surface area contributed by atoms with E-state index < -0.39 is 0 Å². The molecule has 0 aliphatic carbocycles. The summed E-state index contributed by atoms with van der Waals surface area (Å²) in [4.78, 5) is 7.64. The van der Waals surface area contributed by atoms with Gasteiger partial charge in [0.25, 0.3) is 0 Å². The highest BCUT2D eigenvalue weighted by molar-refractivity contribution is 6.31. The lowest BCUT2D eigenvalue weighted by molar-refractivity contribution is 0.573. The van der Waals surface area contributed by atoms with Gasteiger partial charge in [-0.1, -0.05) is 41.9 Å². The summed E-state index contributed by atoms with van der Waals surface area (Å²) >= 11 is 6.16. The molecule has 4 heteroatoms. The van der Waals surface area contributed by atoms with Crippen LogP contribution in [0.4, 0.5) is 0 Å². The second-order valence-electron chi connectivity index (χ2n) is 4.77. The molecule has 2 aromatic heterocycles. The van der Waals surface area contributed by atoms with Crippen molar-refractivity contribution in [2.45, 2.75) is 0 Å². The number of halogens is 1. The molecule has 0 aliphatic heterocycles. The first kappa shape index (κ1) is 12.2. The Labute approximate surface area is 126 Å². The molecule has 1 N–H and O–H groups in total. The minimum atomic E-state index is 0.571. The van der Waals surface area contributed by atoms with Crippen LogP contribution in [-0.4, -0.2) is 9.97 Å². The number of nitrogens with one attached hydrogen (secondary N) is 1. The minimum Gasteiger partial charge on any atom is -0.443 e. The molecule has 2 heterocycles. The molecule has 0 radical (unpaired) electrons. The molecule has 2 aromatic carbocycles. The molecule has 0 atom stereocenters. The molecule has 0 fully saturated rings. The molecule has 3 nitrogen and oxygen atoms in total. The van der Waals surface area contributed by atoms with Gasteiger partial charge >= 0.3 is 0 Å². The van der Waals surface area contributed by atoms with Crippen molar-refractivity contribution in [2.75, 3.05) is 0 Å². The van der Waals surface area contributed by atoms with Gasteiger partial charge in [-0.3, -0.25) is 0 Å². The van der Waals surface area contributed by atoms with Crippen molar-refractivity contribution in [1.82, 2.24) is 9.97 Å². The molecule has 0 unspecified atom stereocenters. The van der Waals surface area contributed by atoms with Crippen molar-refractivity contribution in [3.63, 3.8) is 0 Å².